The van der Waals surface area contributed by atoms with Crippen LogP contribution in [0, 0.1) is 5.82 Å². The minimum atomic E-state index is -1.97. The van der Waals surface area contributed by atoms with Crippen molar-refractivity contribution in [3.05, 3.63) is 53.4 Å². The molecule has 10 nitrogen and oxygen atoms in total. The van der Waals surface area contributed by atoms with E-state index >= 15 is 4.39 Å². The third kappa shape index (κ3) is 7.06. The minimum absolute atomic E-state index is 0.0693. The number of fused-ring (bicyclic) bond motifs is 5. The summed E-state index contributed by atoms with van der Waals surface area (Å²) in [4.78, 5) is 34.4. The first kappa shape index (κ1) is 38.3. The molecule has 4 saturated heterocycles. The molecule has 13 heteroatoms. The molecule has 2 aromatic heterocycles. The number of aromatic nitrogens is 3. The highest BCUT2D eigenvalue weighted by atomic mass is 35.5. The second-order valence-corrected chi connectivity index (χ2v) is 23.8. The predicted octanol–water partition coefficient (Wildman–Crippen LogP) is 9.23. The molecule has 8 rings (SSSR count). The van der Waals surface area contributed by atoms with Gasteiger partial charge in [0.1, 0.15) is 29.2 Å². The molecule has 0 unspecified atom stereocenters. The highest BCUT2D eigenvalue weighted by Gasteiger charge is 2.52. The molecule has 0 radical (unpaired) electrons. The number of benzene rings is 2. The number of hydrogen-bond donors (Lipinski definition) is 0. The van der Waals surface area contributed by atoms with Crippen LogP contribution in [0.3, 0.4) is 0 Å². The molecule has 0 saturated carbocycles. The van der Waals surface area contributed by atoms with Gasteiger partial charge in [0.15, 0.2) is 14.1 Å². The summed E-state index contributed by atoms with van der Waals surface area (Å²) in [6.45, 7) is 20.4. The van der Waals surface area contributed by atoms with Crippen molar-refractivity contribution in [2.75, 3.05) is 37.7 Å². The van der Waals surface area contributed by atoms with Gasteiger partial charge >= 0.3 is 12.1 Å². The van der Waals surface area contributed by atoms with Crippen LogP contribution in [0.5, 0.6) is 6.01 Å². The predicted molar refractivity (Wildman–Crippen MR) is 218 cm³/mol. The average Bonchev–Trinajstić information content (AvgIpc) is 3.73. The Bertz CT molecular complexity index is 2120. The molecule has 2 aromatic carbocycles. The topological polar surface area (TPSA) is 93.2 Å². The molecular formula is C42H54ClFN6O4Si. The third-order valence-corrected chi connectivity index (χ3v) is 17.5. The molecule has 55 heavy (non-hydrogen) atoms. The highest BCUT2D eigenvalue weighted by molar-refractivity contribution is 6.74. The van der Waals surface area contributed by atoms with Gasteiger partial charge in [0, 0.05) is 41.8 Å². The molecule has 4 aliphatic rings. The Morgan fingerprint density at radius 3 is 2.42 bits per heavy atom. The first-order valence-electron chi connectivity index (χ1n) is 19.8. The van der Waals surface area contributed by atoms with Crippen LogP contribution in [0.4, 0.5) is 15.0 Å². The number of hydrogen-bond acceptors (Lipinski definition) is 9. The fraction of sp³-hybridized carbons (Fsp3) is 0.571. The van der Waals surface area contributed by atoms with E-state index in [0.29, 0.717) is 41.5 Å². The molecule has 2 bridgehead atoms. The number of ether oxygens (including phenoxy) is 2. The normalized spacial score (nSPS) is 24.6. The average molecular weight is 789 g/mol. The number of rotatable bonds is 7. The maximum absolute atomic E-state index is 17.1. The van der Waals surface area contributed by atoms with Crippen LogP contribution in [0.1, 0.15) is 73.6 Å². The molecule has 0 aliphatic carbocycles. The van der Waals surface area contributed by atoms with E-state index in [0.717, 1.165) is 56.0 Å². The van der Waals surface area contributed by atoms with Crippen LogP contribution >= 0.6 is 11.6 Å². The molecule has 4 aromatic rings. The zero-order chi connectivity index (χ0) is 39.1. The summed E-state index contributed by atoms with van der Waals surface area (Å²) in [5.74, 6) is -0.000818. The van der Waals surface area contributed by atoms with Gasteiger partial charge in [-0.05, 0) is 89.0 Å². The van der Waals surface area contributed by atoms with Gasteiger partial charge in [-0.3, -0.25) is 14.8 Å². The van der Waals surface area contributed by atoms with Gasteiger partial charge in [-0.25, -0.2) is 9.18 Å². The quantitative estimate of drug-likeness (QED) is 0.170. The lowest BCUT2D eigenvalue weighted by Crippen LogP contribution is -2.57. The van der Waals surface area contributed by atoms with Crippen molar-refractivity contribution in [1.82, 2.24) is 24.8 Å². The second-order valence-electron chi connectivity index (χ2n) is 18.6. The summed E-state index contributed by atoms with van der Waals surface area (Å²) in [5.41, 5.74) is 0.0997. The number of halogens is 2. The number of amides is 1. The van der Waals surface area contributed by atoms with Crippen molar-refractivity contribution in [3.63, 3.8) is 0 Å². The first-order chi connectivity index (χ1) is 25.9. The van der Waals surface area contributed by atoms with Crippen LogP contribution in [-0.2, 0) is 9.16 Å². The second kappa shape index (κ2) is 13.8. The summed E-state index contributed by atoms with van der Waals surface area (Å²) < 4.78 is 36.5. The Kier molecular flexibility index (Phi) is 9.62. The maximum atomic E-state index is 17.1. The fourth-order valence-corrected chi connectivity index (χ4v) is 10.7. The van der Waals surface area contributed by atoms with E-state index in [2.05, 4.69) is 43.7 Å². The van der Waals surface area contributed by atoms with Gasteiger partial charge in [0.25, 0.3) is 0 Å². The van der Waals surface area contributed by atoms with E-state index in [1.807, 2.05) is 56.0 Å². The minimum Gasteiger partial charge on any atom is -0.461 e. The SMILES string of the molecule is CC(C)(C)OC(=O)N1[C@@H]2CC[C@H]1CN(c1nc(OC[C@]34CCCN3C[C@@H](O[Si](C)(C)C(C)(C)C)C4)nc3c(F)c(-c4cccc5cccc(Cl)c45)ncc13)C2. The van der Waals surface area contributed by atoms with Crippen LogP contribution in [0.2, 0.25) is 23.2 Å². The Labute approximate surface area is 329 Å². The molecule has 4 fully saturated rings. The van der Waals surface area contributed by atoms with Gasteiger partial charge in [-0.2, -0.15) is 9.97 Å². The maximum Gasteiger partial charge on any atom is 0.410 e. The number of piperazine rings is 1. The summed E-state index contributed by atoms with van der Waals surface area (Å²) >= 11 is 6.70. The Balaban J connectivity index is 1.16. The van der Waals surface area contributed by atoms with E-state index < -0.39 is 19.7 Å². The van der Waals surface area contributed by atoms with Gasteiger partial charge in [0.2, 0.25) is 0 Å². The molecule has 1 amide bonds. The summed E-state index contributed by atoms with van der Waals surface area (Å²) in [6, 6.07) is 11.3. The van der Waals surface area contributed by atoms with Crippen LogP contribution in [0.15, 0.2) is 42.6 Å². The Morgan fingerprint density at radius 1 is 1.02 bits per heavy atom. The number of carbonyl (C=O) groups is 1. The van der Waals surface area contributed by atoms with E-state index in [1.165, 1.54) is 0 Å². The monoisotopic (exact) mass is 788 g/mol. The number of anilines is 1. The largest absolute Gasteiger partial charge is 0.461 e. The molecule has 294 valence electrons. The number of nitrogens with zero attached hydrogens (tertiary/aromatic N) is 6. The zero-order valence-electron chi connectivity index (χ0n) is 33.4. The van der Waals surface area contributed by atoms with Crippen LogP contribution in [0.25, 0.3) is 32.9 Å². The van der Waals surface area contributed by atoms with Crippen molar-refractivity contribution in [3.8, 4) is 17.3 Å². The third-order valence-electron chi connectivity index (χ3n) is 12.6. The van der Waals surface area contributed by atoms with Gasteiger partial charge in [-0.15, -0.1) is 0 Å². The van der Waals surface area contributed by atoms with E-state index in [-0.39, 0.29) is 52.1 Å². The summed E-state index contributed by atoms with van der Waals surface area (Å²) in [6.07, 6.45) is 6.15. The Hall–Kier alpha value is -3.58. The number of pyridine rings is 1. The van der Waals surface area contributed by atoms with Gasteiger partial charge < -0.3 is 18.8 Å². The lowest BCUT2D eigenvalue weighted by atomic mass is 9.94. The lowest BCUT2D eigenvalue weighted by Gasteiger charge is -2.42. The van der Waals surface area contributed by atoms with Crippen LogP contribution < -0.4 is 9.64 Å². The van der Waals surface area contributed by atoms with Crippen molar-refractivity contribution in [1.29, 1.82) is 0 Å². The molecule has 0 N–H and O–H groups in total. The summed E-state index contributed by atoms with van der Waals surface area (Å²) in [5, 5.41) is 2.76. The van der Waals surface area contributed by atoms with Crippen molar-refractivity contribution in [2.24, 2.45) is 0 Å². The van der Waals surface area contributed by atoms with Gasteiger partial charge in [-0.1, -0.05) is 62.7 Å². The number of carbonyl (C=O) groups excluding carboxylic acids is 1. The van der Waals surface area contributed by atoms with E-state index in [9.17, 15) is 4.79 Å². The Morgan fingerprint density at radius 2 is 1.73 bits per heavy atom. The standard InChI is InChI=1S/C42H54ClFN6O4Si/c1-40(2,3)53-39(51)50-27-16-17-28(50)23-48(22-27)37-31-21-45-35(30-14-9-12-26-13-10-15-32(43)33(26)30)34(44)36(31)46-38(47-37)52-25-42-18-11-19-49(42)24-29(20-42)54-55(7,8)41(4,5)6/h9-10,12-15,21,27-29H,11,16-20,22-25H2,1-8H3/t27-,28+,29-,42+/m0/s1. The van der Waals surface area contributed by atoms with E-state index in [1.54, 1.807) is 12.3 Å². The molecular weight excluding hydrogens is 735 g/mol. The van der Waals surface area contributed by atoms with Crippen LogP contribution in [-0.4, -0.2) is 101 Å². The molecule has 4 aliphatic heterocycles. The zero-order valence-corrected chi connectivity index (χ0v) is 35.2. The lowest BCUT2D eigenvalue weighted by molar-refractivity contribution is 0.0122. The van der Waals surface area contributed by atoms with Crippen molar-refractivity contribution < 1.29 is 23.1 Å². The van der Waals surface area contributed by atoms with Crippen molar-refractivity contribution >= 4 is 53.5 Å². The van der Waals surface area contributed by atoms with Crippen molar-refractivity contribution in [2.45, 2.75) is 121 Å². The smallest absolute Gasteiger partial charge is 0.410 e. The van der Waals surface area contributed by atoms with E-state index in [4.69, 9.17) is 40.5 Å². The highest BCUT2D eigenvalue weighted by Crippen LogP contribution is 2.45. The fourth-order valence-electron chi connectivity index (χ4n) is 9.03. The molecule has 0 spiro atoms. The van der Waals surface area contributed by atoms with Gasteiger partial charge in [0.05, 0.1) is 29.1 Å². The molecule has 6 heterocycles. The molecule has 4 atom stereocenters. The first-order valence-corrected chi connectivity index (χ1v) is 23.1. The summed E-state index contributed by atoms with van der Waals surface area (Å²) in [7, 11) is -1.97.